The molecular weight excluding hydrogens is 190 g/mol. The van der Waals surface area contributed by atoms with Crippen LogP contribution in [0, 0.1) is 0 Å². The number of carbonyl (C=O) groups is 1. The van der Waals surface area contributed by atoms with E-state index >= 15 is 0 Å². The molecule has 3 nitrogen and oxygen atoms in total. The lowest BCUT2D eigenvalue weighted by atomic mass is 10.2. The van der Waals surface area contributed by atoms with Crippen LogP contribution in [0.4, 0.5) is 0 Å². The Bertz CT molecular complexity index is 358. The molecule has 0 aliphatic heterocycles. The molecule has 15 heavy (non-hydrogen) atoms. The Morgan fingerprint density at radius 2 is 2.20 bits per heavy atom. The van der Waals surface area contributed by atoms with Gasteiger partial charge in [0, 0.05) is 18.7 Å². The summed E-state index contributed by atoms with van der Waals surface area (Å²) in [6, 6.07) is 7.60. The van der Waals surface area contributed by atoms with E-state index in [1.807, 2.05) is 31.2 Å². The van der Waals surface area contributed by atoms with Gasteiger partial charge in [-0.05, 0) is 19.1 Å². The van der Waals surface area contributed by atoms with Gasteiger partial charge < -0.3 is 10.1 Å². The van der Waals surface area contributed by atoms with E-state index < -0.39 is 0 Å². The summed E-state index contributed by atoms with van der Waals surface area (Å²) in [6.45, 7) is 2.55. The molecule has 0 aliphatic rings. The first-order chi connectivity index (χ1) is 7.27. The fourth-order valence-electron chi connectivity index (χ4n) is 1.15. The van der Waals surface area contributed by atoms with E-state index in [-0.39, 0.29) is 5.91 Å². The molecule has 0 radical (unpaired) electrons. The number of hydrogen-bond donors (Lipinski definition) is 1. The minimum absolute atomic E-state index is 0.124. The normalized spacial score (nSPS) is 10.3. The molecule has 0 atom stereocenters. The number of rotatable bonds is 4. The molecule has 1 rings (SSSR count). The van der Waals surface area contributed by atoms with E-state index in [4.69, 9.17) is 4.74 Å². The van der Waals surface area contributed by atoms with Crippen molar-refractivity contribution < 1.29 is 9.53 Å². The molecule has 0 saturated carbocycles. The second-order valence-corrected chi connectivity index (χ2v) is 2.92. The van der Waals surface area contributed by atoms with Gasteiger partial charge >= 0.3 is 0 Å². The van der Waals surface area contributed by atoms with Gasteiger partial charge in [-0.1, -0.05) is 18.2 Å². The molecule has 0 saturated heterocycles. The number of nitrogens with one attached hydrogen (secondary N) is 1. The number of benzene rings is 1. The maximum Gasteiger partial charge on any atom is 0.243 e. The van der Waals surface area contributed by atoms with E-state index in [0.717, 1.165) is 11.3 Å². The molecule has 0 aliphatic carbocycles. The second kappa shape index (κ2) is 5.86. The van der Waals surface area contributed by atoms with Gasteiger partial charge in [0.2, 0.25) is 5.91 Å². The third-order valence-electron chi connectivity index (χ3n) is 1.88. The molecule has 3 heteroatoms. The number of para-hydroxylation sites is 1. The summed E-state index contributed by atoms with van der Waals surface area (Å²) in [5.74, 6) is 0.668. The van der Waals surface area contributed by atoms with Crippen LogP contribution in [0.1, 0.15) is 12.5 Å². The van der Waals surface area contributed by atoms with E-state index in [1.54, 1.807) is 13.1 Å². The summed E-state index contributed by atoms with van der Waals surface area (Å²) >= 11 is 0. The highest BCUT2D eigenvalue weighted by molar-refractivity contribution is 5.91. The largest absolute Gasteiger partial charge is 0.493 e. The summed E-state index contributed by atoms with van der Waals surface area (Å²) < 4.78 is 5.42. The molecule has 0 spiro atoms. The highest BCUT2D eigenvalue weighted by Crippen LogP contribution is 2.19. The molecule has 0 heterocycles. The minimum atomic E-state index is -0.124. The van der Waals surface area contributed by atoms with Crippen LogP contribution in [0.25, 0.3) is 6.08 Å². The van der Waals surface area contributed by atoms with Gasteiger partial charge in [-0.3, -0.25) is 4.79 Å². The molecule has 0 unspecified atom stereocenters. The molecule has 0 aromatic heterocycles. The lowest BCUT2D eigenvalue weighted by Gasteiger charge is -2.05. The number of carbonyl (C=O) groups excluding carboxylic acids is 1. The molecule has 80 valence electrons. The van der Waals surface area contributed by atoms with Gasteiger partial charge in [0.05, 0.1) is 6.61 Å². The highest BCUT2D eigenvalue weighted by atomic mass is 16.5. The Hall–Kier alpha value is -1.77. The van der Waals surface area contributed by atoms with Crippen LogP contribution in [0.5, 0.6) is 5.75 Å². The number of ether oxygens (including phenoxy) is 1. The first-order valence-electron chi connectivity index (χ1n) is 4.89. The Labute approximate surface area is 89.8 Å². The van der Waals surface area contributed by atoms with Gasteiger partial charge in [-0.15, -0.1) is 0 Å². The van der Waals surface area contributed by atoms with Crippen LogP contribution in [-0.2, 0) is 4.79 Å². The standard InChI is InChI=1S/C12H15NO2/c1-3-15-11-7-5-4-6-10(11)8-9-12(14)13-2/h4-9H,3H2,1-2H3,(H,13,14)/b9-8-. The Balaban J connectivity index is 2.83. The SMILES string of the molecule is CCOc1ccccc1/C=C\C(=O)NC. The number of likely N-dealkylation sites (N-methyl/N-ethyl adjacent to an activating group) is 1. The third kappa shape index (κ3) is 3.46. The highest BCUT2D eigenvalue weighted by Gasteiger charge is 1.98. The zero-order valence-corrected chi connectivity index (χ0v) is 8.99. The quantitative estimate of drug-likeness (QED) is 0.762. The predicted molar refractivity (Wildman–Crippen MR) is 60.7 cm³/mol. The van der Waals surface area contributed by atoms with Crippen LogP contribution in [-0.4, -0.2) is 19.6 Å². The molecule has 1 amide bonds. The number of amides is 1. The van der Waals surface area contributed by atoms with Crippen molar-refractivity contribution >= 4 is 12.0 Å². The summed E-state index contributed by atoms with van der Waals surface area (Å²) in [6.07, 6.45) is 3.22. The van der Waals surface area contributed by atoms with Gasteiger partial charge in [0.1, 0.15) is 5.75 Å². The maximum atomic E-state index is 11.0. The summed E-state index contributed by atoms with van der Waals surface area (Å²) in [5.41, 5.74) is 0.906. The van der Waals surface area contributed by atoms with E-state index in [2.05, 4.69) is 5.32 Å². The number of hydrogen-bond acceptors (Lipinski definition) is 2. The molecule has 0 fully saturated rings. The monoisotopic (exact) mass is 205 g/mol. The van der Waals surface area contributed by atoms with Crippen molar-refractivity contribution in [2.75, 3.05) is 13.7 Å². The van der Waals surface area contributed by atoms with Gasteiger partial charge in [-0.25, -0.2) is 0 Å². The molecule has 1 aromatic rings. The van der Waals surface area contributed by atoms with E-state index in [1.165, 1.54) is 6.08 Å². The van der Waals surface area contributed by atoms with Crippen LogP contribution in [0.3, 0.4) is 0 Å². The average Bonchev–Trinajstić information content (AvgIpc) is 2.28. The average molecular weight is 205 g/mol. The van der Waals surface area contributed by atoms with Gasteiger partial charge in [0.25, 0.3) is 0 Å². The zero-order valence-electron chi connectivity index (χ0n) is 8.99. The Kier molecular flexibility index (Phi) is 4.41. The summed E-state index contributed by atoms with van der Waals surface area (Å²) in [4.78, 5) is 11.0. The van der Waals surface area contributed by atoms with Crippen molar-refractivity contribution in [2.45, 2.75) is 6.92 Å². The van der Waals surface area contributed by atoms with Gasteiger partial charge in [-0.2, -0.15) is 0 Å². The molecule has 1 aromatic carbocycles. The first-order valence-corrected chi connectivity index (χ1v) is 4.89. The Morgan fingerprint density at radius 3 is 2.87 bits per heavy atom. The molecular formula is C12H15NO2. The van der Waals surface area contributed by atoms with Gasteiger partial charge in [0.15, 0.2) is 0 Å². The lowest BCUT2D eigenvalue weighted by molar-refractivity contribution is -0.115. The van der Waals surface area contributed by atoms with E-state index in [9.17, 15) is 4.79 Å². The van der Waals surface area contributed by atoms with Crippen molar-refractivity contribution in [2.24, 2.45) is 0 Å². The second-order valence-electron chi connectivity index (χ2n) is 2.92. The third-order valence-corrected chi connectivity index (χ3v) is 1.88. The first kappa shape index (κ1) is 11.3. The van der Waals surface area contributed by atoms with Crippen molar-refractivity contribution in [1.82, 2.24) is 5.32 Å². The topological polar surface area (TPSA) is 38.3 Å². The zero-order chi connectivity index (χ0) is 11.1. The van der Waals surface area contributed by atoms with Crippen LogP contribution >= 0.6 is 0 Å². The molecule has 1 N–H and O–H groups in total. The lowest BCUT2D eigenvalue weighted by Crippen LogP contribution is -2.13. The predicted octanol–water partition coefficient (Wildman–Crippen LogP) is 1.84. The van der Waals surface area contributed by atoms with Crippen LogP contribution in [0.2, 0.25) is 0 Å². The van der Waals surface area contributed by atoms with Crippen molar-refractivity contribution in [3.05, 3.63) is 35.9 Å². The Morgan fingerprint density at radius 1 is 1.47 bits per heavy atom. The van der Waals surface area contributed by atoms with Crippen molar-refractivity contribution in [1.29, 1.82) is 0 Å². The fourth-order valence-corrected chi connectivity index (χ4v) is 1.15. The minimum Gasteiger partial charge on any atom is -0.493 e. The van der Waals surface area contributed by atoms with E-state index in [0.29, 0.717) is 6.61 Å². The van der Waals surface area contributed by atoms with Crippen molar-refractivity contribution in [3.63, 3.8) is 0 Å². The van der Waals surface area contributed by atoms with Crippen LogP contribution < -0.4 is 10.1 Å². The van der Waals surface area contributed by atoms with Crippen LogP contribution in [0.15, 0.2) is 30.3 Å². The fraction of sp³-hybridized carbons (Fsp3) is 0.250. The maximum absolute atomic E-state index is 11.0. The smallest absolute Gasteiger partial charge is 0.243 e. The summed E-state index contributed by atoms with van der Waals surface area (Å²) in [7, 11) is 1.60. The van der Waals surface area contributed by atoms with Crippen molar-refractivity contribution in [3.8, 4) is 5.75 Å². The summed E-state index contributed by atoms with van der Waals surface area (Å²) in [5, 5.41) is 2.52. The molecule has 0 bridgehead atoms.